The first-order valence-corrected chi connectivity index (χ1v) is 8.14. The molecule has 0 saturated carbocycles. The smallest absolute Gasteiger partial charge is 0.231 e. The molecule has 2 aromatic carbocycles. The van der Waals surface area contributed by atoms with Gasteiger partial charge in [-0.1, -0.05) is 12.2 Å². The molecule has 26 heavy (non-hydrogen) atoms. The Morgan fingerprint density at radius 1 is 1.15 bits per heavy atom. The van der Waals surface area contributed by atoms with Crippen LogP contribution in [0.1, 0.15) is 21.5 Å². The van der Waals surface area contributed by atoms with Crippen LogP contribution in [-0.4, -0.2) is 26.8 Å². The van der Waals surface area contributed by atoms with Crippen molar-refractivity contribution in [3.05, 3.63) is 65.8 Å². The van der Waals surface area contributed by atoms with Gasteiger partial charge in [-0.3, -0.25) is 4.79 Å². The Balaban J connectivity index is 1.86. The maximum atomic E-state index is 12.5. The Morgan fingerprint density at radius 2 is 1.96 bits per heavy atom. The average Bonchev–Trinajstić information content (AvgIpc) is 3.13. The van der Waals surface area contributed by atoms with E-state index in [-0.39, 0.29) is 12.6 Å². The van der Waals surface area contributed by atoms with Crippen LogP contribution >= 0.6 is 0 Å². The zero-order valence-corrected chi connectivity index (χ0v) is 14.8. The minimum atomic E-state index is -0.122. The standard InChI is InChI=1S/C21H20O5/c1-4-5-16-10-14(11-20(23-2)21(16)24-3)6-8-17(22)15-7-9-18-19(12-15)26-13-25-18/h4,6-12H,1,5,13H2,2-3H3/b8-6+. The van der Waals surface area contributed by atoms with Crippen molar-refractivity contribution in [2.45, 2.75) is 6.42 Å². The topological polar surface area (TPSA) is 54.0 Å². The number of ketones is 1. The van der Waals surface area contributed by atoms with E-state index >= 15 is 0 Å². The van der Waals surface area contributed by atoms with Crippen molar-refractivity contribution in [2.24, 2.45) is 0 Å². The van der Waals surface area contributed by atoms with E-state index in [1.165, 1.54) is 6.08 Å². The van der Waals surface area contributed by atoms with Crippen LogP contribution in [0.2, 0.25) is 0 Å². The van der Waals surface area contributed by atoms with E-state index in [1.807, 2.05) is 12.1 Å². The zero-order chi connectivity index (χ0) is 18.5. The van der Waals surface area contributed by atoms with Gasteiger partial charge in [-0.25, -0.2) is 0 Å². The Bertz CT molecular complexity index is 867. The van der Waals surface area contributed by atoms with Crippen molar-refractivity contribution in [1.82, 2.24) is 0 Å². The molecule has 0 atom stereocenters. The van der Waals surface area contributed by atoms with Crippen molar-refractivity contribution in [3.63, 3.8) is 0 Å². The molecule has 2 aromatic rings. The molecule has 0 aliphatic carbocycles. The van der Waals surface area contributed by atoms with Gasteiger partial charge >= 0.3 is 0 Å². The lowest BCUT2D eigenvalue weighted by molar-refractivity contribution is 0.104. The van der Waals surface area contributed by atoms with Crippen LogP contribution in [0.25, 0.3) is 6.08 Å². The maximum Gasteiger partial charge on any atom is 0.231 e. The quantitative estimate of drug-likeness (QED) is 0.427. The molecule has 1 heterocycles. The van der Waals surface area contributed by atoms with E-state index < -0.39 is 0 Å². The maximum absolute atomic E-state index is 12.5. The molecule has 1 aliphatic heterocycles. The minimum Gasteiger partial charge on any atom is -0.493 e. The van der Waals surface area contributed by atoms with E-state index in [9.17, 15) is 4.79 Å². The van der Waals surface area contributed by atoms with Gasteiger partial charge in [0.15, 0.2) is 28.8 Å². The summed E-state index contributed by atoms with van der Waals surface area (Å²) < 4.78 is 21.4. The normalized spacial score (nSPS) is 12.2. The SMILES string of the molecule is C=CCc1cc(/C=C/C(=O)c2ccc3c(c2)OCO3)cc(OC)c1OC. The van der Waals surface area contributed by atoms with Gasteiger partial charge in [-0.2, -0.15) is 0 Å². The minimum absolute atomic E-state index is 0.122. The van der Waals surface area contributed by atoms with Gasteiger partial charge in [0.25, 0.3) is 0 Å². The number of carbonyl (C=O) groups is 1. The highest BCUT2D eigenvalue weighted by atomic mass is 16.7. The molecule has 3 rings (SSSR count). The lowest BCUT2D eigenvalue weighted by atomic mass is 10.0. The highest BCUT2D eigenvalue weighted by Gasteiger charge is 2.15. The van der Waals surface area contributed by atoms with Crippen LogP contribution in [0.15, 0.2) is 49.1 Å². The first-order chi connectivity index (χ1) is 12.7. The Morgan fingerprint density at radius 3 is 2.69 bits per heavy atom. The van der Waals surface area contributed by atoms with Crippen molar-refractivity contribution in [3.8, 4) is 23.0 Å². The predicted molar refractivity (Wildman–Crippen MR) is 99.4 cm³/mol. The number of carbonyl (C=O) groups excluding carboxylic acids is 1. The Labute approximate surface area is 152 Å². The van der Waals surface area contributed by atoms with E-state index in [0.717, 1.165) is 11.1 Å². The summed E-state index contributed by atoms with van der Waals surface area (Å²) in [6.45, 7) is 3.95. The molecule has 0 radical (unpaired) electrons. The predicted octanol–water partition coefficient (Wildman–Crippen LogP) is 4.06. The third-order valence-corrected chi connectivity index (χ3v) is 4.03. The number of hydrogen-bond acceptors (Lipinski definition) is 5. The van der Waals surface area contributed by atoms with Gasteiger partial charge in [-0.15, -0.1) is 6.58 Å². The highest BCUT2D eigenvalue weighted by molar-refractivity contribution is 6.07. The van der Waals surface area contributed by atoms with Gasteiger partial charge in [-0.05, 0) is 48.4 Å². The van der Waals surface area contributed by atoms with Crippen LogP contribution in [0.3, 0.4) is 0 Å². The molecular formula is C21H20O5. The fraction of sp³-hybridized carbons (Fsp3) is 0.190. The summed E-state index contributed by atoms with van der Waals surface area (Å²) in [4.78, 5) is 12.5. The number of hydrogen-bond donors (Lipinski definition) is 0. The number of benzene rings is 2. The van der Waals surface area contributed by atoms with E-state index in [4.69, 9.17) is 18.9 Å². The van der Waals surface area contributed by atoms with E-state index in [2.05, 4.69) is 6.58 Å². The van der Waals surface area contributed by atoms with Gasteiger partial charge in [0, 0.05) is 11.1 Å². The van der Waals surface area contributed by atoms with Crippen LogP contribution in [0, 0.1) is 0 Å². The molecule has 1 aliphatic rings. The summed E-state index contributed by atoms with van der Waals surface area (Å²) in [6.07, 6.45) is 5.71. The first kappa shape index (κ1) is 17.6. The van der Waals surface area contributed by atoms with Crippen LogP contribution in [0.4, 0.5) is 0 Å². The molecule has 0 amide bonds. The molecule has 0 fully saturated rings. The third-order valence-electron chi connectivity index (χ3n) is 4.03. The molecule has 0 unspecified atom stereocenters. The van der Waals surface area contributed by atoms with Gasteiger partial charge in [0.1, 0.15) is 0 Å². The lowest BCUT2D eigenvalue weighted by Gasteiger charge is -2.13. The van der Waals surface area contributed by atoms with Crippen molar-refractivity contribution in [1.29, 1.82) is 0 Å². The first-order valence-electron chi connectivity index (χ1n) is 8.14. The second-order valence-corrected chi connectivity index (χ2v) is 5.67. The van der Waals surface area contributed by atoms with Gasteiger partial charge in [0.05, 0.1) is 14.2 Å². The van der Waals surface area contributed by atoms with Crippen molar-refractivity contribution in [2.75, 3.05) is 21.0 Å². The van der Waals surface area contributed by atoms with Gasteiger partial charge in [0.2, 0.25) is 6.79 Å². The lowest BCUT2D eigenvalue weighted by Crippen LogP contribution is -1.97. The van der Waals surface area contributed by atoms with E-state index in [1.54, 1.807) is 44.6 Å². The molecule has 0 aromatic heterocycles. The summed E-state index contributed by atoms with van der Waals surface area (Å²) in [5.74, 6) is 2.40. The van der Waals surface area contributed by atoms with Crippen LogP contribution < -0.4 is 18.9 Å². The van der Waals surface area contributed by atoms with Gasteiger partial charge < -0.3 is 18.9 Å². The Kier molecular flexibility index (Phi) is 5.27. The summed E-state index contributed by atoms with van der Waals surface area (Å²) in [7, 11) is 3.18. The molecule has 0 spiro atoms. The fourth-order valence-corrected chi connectivity index (χ4v) is 2.79. The number of allylic oxidation sites excluding steroid dienone is 2. The summed E-state index contributed by atoms with van der Waals surface area (Å²) in [5, 5.41) is 0. The molecule has 5 heteroatoms. The number of methoxy groups -OCH3 is 2. The number of rotatable bonds is 7. The fourth-order valence-electron chi connectivity index (χ4n) is 2.79. The highest BCUT2D eigenvalue weighted by Crippen LogP contribution is 2.34. The second-order valence-electron chi connectivity index (χ2n) is 5.67. The van der Waals surface area contributed by atoms with Crippen LogP contribution in [0.5, 0.6) is 23.0 Å². The monoisotopic (exact) mass is 352 g/mol. The van der Waals surface area contributed by atoms with Crippen LogP contribution in [-0.2, 0) is 6.42 Å². The number of ether oxygens (including phenoxy) is 4. The summed E-state index contributed by atoms with van der Waals surface area (Å²) >= 11 is 0. The van der Waals surface area contributed by atoms with Crippen molar-refractivity contribution < 1.29 is 23.7 Å². The van der Waals surface area contributed by atoms with Crippen molar-refractivity contribution >= 4 is 11.9 Å². The third kappa shape index (κ3) is 3.57. The summed E-state index contributed by atoms with van der Waals surface area (Å²) in [5.41, 5.74) is 2.32. The molecule has 134 valence electrons. The molecule has 0 N–H and O–H groups in total. The molecular weight excluding hydrogens is 332 g/mol. The Hall–Kier alpha value is -3.21. The zero-order valence-electron chi connectivity index (χ0n) is 14.8. The van der Waals surface area contributed by atoms with E-state index in [0.29, 0.717) is 35.0 Å². The second kappa shape index (κ2) is 7.78. The average molecular weight is 352 g/mol. The largest absolute Gasteiger partial charge is 0.493 e. The molecule has 0 saturated heterocycles. The molecule has 0 bridgehead atoms. The summed E-state index contributed by atoms with van der Waals surface area (Å²) in [6, 6.07) is 8.92. The molecule has 5 nitrogen and oxygen atoms in total. The number of fused-ring (bicyclic) bond motifs is 1.